The first kappa shape index (κ1) is 23.5. The van der Waals surface area contributed by atoms with Crippen LogP contribution in [0.15, 0.2) is 77.1 Å². The van der Waals surface area contributed by atoms with Gasteiger partial charge in [0, 0.05) is 23.8 Å². The first-order valence-electron chi connectivity index (χ1n) is 11.4. The first-order chi connectivity index (χ1) is 16.6. The lowest BCUT2D eigenvalue weighted by molar-refractivity contribution is -0.268. The third-order valence-corrected chi connectivity index (χ3v) is 8.52. The van der Waals surface area contributed by atoms with Crippen molar-refractivity contribution in [1.82, 2.24) is 4.98 Å². The molecule has 4 atom stereocenters. The van der Waals surface area contributed by atoms with Crippen molar-refractivity contribution < 1.29 is 14.6 Å². The van der Waals surface area contributed by atoms with Crippen LogP contribution in [-0.2, 0) is 22.6 Å². The van der Waals surface area contributed by atoms with Crippen molar-refractivity contribution in [2.75, 3.05) is 5.75 Å². The maximum absolute atomic E-state index is 9.43. The Hall–Kier alpha value is -2.26. The Morgan fingerprint density at radius 3 is 2.35 bits per heavy atom. The maximum atomic E-state index is 9.43. The Morgan fingerprint density at radius 2 is 1.65 bits per heavy atom. The topological polar surface area (TPSA) is 77.6 Å². The van der Waals surface area contributed by atoms with Gasteiger partial charge < -0.3 is 20.3 Å². The number of benzene rings is 3. The van der Waals surface area contributed by atoms with Gasteiger partial charge in [-0.05, 0) is 28.8 Å². The summed E-state index contributed by atoms with van der Waals surface area (Å²) in [7, 11) is 0. The normalized spacial score (nSPS) is 22.8. The fraction of sp³-hybridized carbons (Fsp3) is 0.296. The fourth-order valence-corrected chi connectivity index (χ4v) is 6.44. The summed E-state index contributed by atoms with van der Waals surface area (Å²) in [6.07, 6.45) is -0.611. The number of thiazole rings is 1. The van der Waals surface area contributed by atoms with Crippen LogP contribution < -0.4 is 5.73 Å². The van der Waals surface area contributed by atoms with Crippen molar-refractivity contribution >= 4 is 33.3 Å². The van der Waals surface area contributed by atoms with Gasteiger partial charge >= 0.3 is 0 Å². The molecule has 34 heavy (non-hydrogen) atoms. The molecule has 7 heteroatoms. The maximum Gasteiger partial charge on any atom is 0.184 e. The molecule has 4 unspecified atom stereocenters. The van der Waals surface area contributed by atoms with Crippen molar-refractivity contribution in [1.29, 1.82) is 0 Å². The summed E-state index contributed by atoms with van der Waals surface area (Å²) < 4.78 is 15.3. The van der Waals surface area contributed by atoms with E-state index >= 15 is 0 Å². The first-order valence-corrected chi connectivity index (χ1v) is 13.2. The molecule has 2 heterocycles. The number of aromatic nitrogens is 1. The number of aliphatic hydroxyl groups excluding tert-OH is 1. The molecular weight excluding hydrogens is 464 g/mol. The number of nitrogens with two attached hydrogens (primary N) is 1. The average molecular weight is 493 g/mol. The number of para-hydroxylation sites is 1. The van der Waals surface area contributed by atoms with E-state index in [0.29, 0.717) is 6.54 Å². The zero-order valence-electron chi connectivity index (χ0n) is 19.0. The summed E-state index contributed by atoms with van der Waals surface area (Å²) in [6, 6.07) is 24.3. The second-order valence-corrected chi connectivity index (χ2v) is 10.8. The van der Waals surface area contributed by atoms with E-state index < -0.39 is 6.29 Å². The van der Waals surface area contributed by atoms with E-state index in [1.54, 1.807) is 23.1 Å². The third kappa shape index (κ3) is 5.05. The Labute approximate surface area is 207 Å². The van der Waals surface area contributed by atoms with Crippen LogP contribution in [-0.4, -0.2) is 21.9 Å². The van der Waals surface area contributed by atoms with Crippen molar-refractivity contribution in [2.24, 2.45) is 11.7 Å². The van der Waals surface area contributed by atoms with Crippen molar-refractivity contribution in [3.05, 3.63) is 95.1 Å². The number of hydrogen-bond donors (Lipinski definition) is 2. The highest BCUT2D eigenvalue weighted by Crippen LogP contribution is 2.43. The quantitative estimate of drug-likeness (QED) is 0.316. The van der Waals surface area contributed by atoms with E-state index in [9.17, 15) is 5.11 Å². The molecule has 5 nitrogen and oxygen atoms in total. The molecular formula is C27H28N2O3S2. The number of rotatable bonds is 7. The predicted octanol–water partition coefficient (Wildman–Crippen LogP) is 5.83. The smallest absolute Gasteiger partial charge is 0.184 e. The molecule has 4 aromatic rings. The predicted molar refractivity (Wildman–Crippen MR) is 138 cm³/mol. The molecule has 0 bridgehead atoms. The molecule has 1 aliphatic rings. The van der Waals surface area contributed by atoms with Gasteiger partial charge in [-0.1, -0.05) is 79.3 Å². The molecule has 0 saturated carbocycles. The second-order valence-electron chi connectivity index (χ2n) is 8.53. The van der Waals surface area contributed by atoms with Crippen molar-refractivity contribution in [2.45, 2.75) is 42.9 Å². The molecule has 0 radical (unpaired) electrons. The molecule has 1 aromatic heterocycles. The largest absolute Gasteiger partial charge is 0.392 e. The molecule has 1 fully saturated rings. The van der Waals surface area contributed by atoms with Gasteiger partial charge in [-0.25, -0.2) is 4.98 Å². The van der Waals surface area contributed by atoms with Gasteiger partial charge in [0.2, 0.25) is 0 Å². The number of aliphatic hydroxyl groups is 1. The van der Waals surface area contributed by atoms with Crippen LogP contribution >= 0.6 is 23.1 Å². The third-order valence-electron chi connectivity index (χ3n) is 6.26. The highest BCUT2D eigenvalue weighted by Gasteiger charge is 2.38. The molecule has 176 valence electrons. The Kier molecular flexibility index (Phi) is 7.29. The Balaban J connectivity index is 1.39. The van der Waals surface area contributed by atoms with E-state index in [-0.39, 0.29) is 24.7 Å². The van der Waals surface area contributed by atoms with Crippen molar-refractivity contribution in [3.8, 4) is 0 Å². The average Bonchev–Trinajstić information content (AvgIpc) is 3.31. The van der Waals surface area contributed by atoms with Crippen LogP contribution in [0.5, 0.6) is 0 Å². The van der Waals surface area contributed by atoms with Crippen LogP contribution in [0.1, 0.15) is 41.6 Å². The van der Waals surface area contributed by atoms with Crippen LogP contribution in [0.4, 0.5) is 0 Å². The fourth-order valence-electron chi connectivity index (χ4n) is 4.19. The lowest BCUT2D eigenvalue weighted by atomic mass is 9.91. The Bertz CT molecular complexity index is 1190. The molecule has 0 amide bonds. The van der Waals surface area contributed by atoms with Crippen LogP contribution in [0.25, 0.3) is 10.2 Å². The van der Waals surface area contributed by atoms with Crippen LogP contribution in [0.2, 0.25) is 0 Å². The number of ether oxygens (including phenoxy) is 2. The van der Waals surface area contributed by atoms with Crippen LogP contribution in [0, 0.1) is 5.92 Å². The van der Waals surface area contributed by atoms with E-state index in [2.05, 4.69) is 19.1 Å². The lowest BCUT2D eigenvalue weighted by Gasteiger charge is -2.41. The van der Waals surface area contributed by atoms with Gasteiger partial charge in [0.25, 0.3) is 0 Å². The molecule has 5 rings (SSSR count). The van der Waals surface area contributed by atoms with Gasteiger partial charge in [0.15, 0.2) is 10.6 Å². The Morgan fingerprint density at radius 1 is 0.941 bits per heavy atom. The van der Waals surface area contributed by atoms with E-state index in [1.807, 2.05) is 60.7 Å². The summed E-state index contributed by atoms with van der Waals surface area (Å²) in [5.74, 6) is 0.925. The number of fused-ring (bicyclic) bond motifs is 1. The standard InChI is InChI=1S/C27H28N2O3S2/c1-17-23(16-33-27-29-22-4-2-3-5-24(22)34-27)31-26(21-12-6-18(14-28)7-13-21)32-25(17)20-10-8-19(15-30)9-11-20/h2-13,17,23,25-26,30H,14-16,28H2,1H3. The lowest BCUT2D eigenvalue weighted by Crippen LogP contribution is -2.38. The minimum Gasteiger partial charge on any atom is -0.392 e. The molecule has 1 aliphatic heterocycles. The van der Waals surface area contributed by atoms with E-state index in [0.717, 1.165) is 37.9 Å². The summed E-state index contributed by atoms with van der Waals surface area (Å²) >= 11 is 3.46. The van der Waals surface area contributed by atoms with Gasteiger partial charge in [-0.2, -0.15) is 0 Å². The van der Waals surface area contributed by atoms with Crippen LogP contribution in [0.3, 0.4) is 0 Å². The number of nitrogens with zero attached hydrogens (tertiary/aromatic N) is 1. The van der Waals surface area contributed by atoms with Gasteiger partial charge in [0.05, 0.1) is 29.0 Å². The molecule has 3 aromatic carbocycles. The summed E-state index contributed by atoms with van der Waals surface area (Å²) in [5, 5.41) is 9.43. The highest BCUT2D eigenvalue weighted by atomic mass is 32.2. The zero-order chi connectivity index (χ0) is 23.5. The molecule has 0 aliphatic carbocycles. The van der Waals surface area contributed by atoms with E-state index in [1.165, 1.54) is 4.70 Å². The summed E-state index contributed by atoms with van der Waals surface area (Å²) in [5.41, 5.74) is 10.8. The minimum atomic E-state index is -0.466. The van der Waals surface area contributed by atoms with Gasteiger partial charge in [0.1, 0.15) is 0 Å². The molecule has 1 saturated heterocycles. The number of hydrogen-bond acceptors (Lipinski definition) is 7. The molecule has 3 N–H and O–H groups in total. The zero-order valence-corrected chi connectivity index (χ0v) is 20.6. The van der Waals surface area contributed by atoms with Gasteiger partial charge in [-0.15, -0.1) is 11.3 Å². The van der Waals surface area contributed by atoms with Crippen molar-refractivity contribution in [3.63, 3.8) is 0 Å². The monoisotopic (exact) mass is 492 g/mol. The van der Waals surface area contributed by atoms with E-state index in [4.69, 9.17) is 20.2 Å². The number of thioether (sulfide) groups is 1. The molecule has 0 spiro atoms. The minimum absolute atomic E-state index is 0.0209. The summed E-state index contributed by atoms with van der Waals surface area (Å²) in [6.45, 7) is 2.72. The second kappa shape index (κ2) is 10.6. The summed E-state index contributed by atoms with van der Waals surface area (Å²) in [4.78, 5) is 4.77. The highest BCUT2D eigenvalue weighted by molar-refractivity contribution is 8.01. The SMILES string of the molecule is CC1C(CSc2nc3ccccc3s2)OC(c2ccc(CN)cc2)OC1c1ccc(CO)cc1. The van der Waals surface area contributed by atoms with Gasteiger partial charge in [-0.3, -0.25) is 0 Å².